The van der Waals surface area contributed by atoms with Crippen molar-refractivity contribution in [1.82, 2.24) is 5.32 Å². The van der Waals surface area contributed by atoms with Gasteiger partial charge in [0.25, 0.3) is 5.91 Å². The zero-order valence-corrected chi connectivity index (χ0v) is 17.4. The average molecular weight is 414 g/mol. The third kappa shape index (κ3) is 4.86. The molecule has 0 bridgehead atoms. The van der Waals surface area contributed by atoms with Crippen LogP contribution in [0.25, 0.3) is 0 Å². The number of primary amides is 1. The molecule has 0 radical (unpaired) electrons. The summed E-state index contributed by atoms with van der Waals surface area (Å²) < 4.78 is 0. The highest BCUT2D eigenvalue weighted by atomic mass is 32.1. The van der Waals surface area contributed by atoms with Crippen molar-refractivity contribution in [3.8, 4) is 0 Å². The molecule has 2 amide bonds. The Hall–Kier alpha value is -2.48. The quantitative estimate of drug-likeness (QED) is 0.513. The van der Waals surface area contributed by atoms with Crippen LogP contribution in [0.3, 0.4) is 0 Å². The van der Waals surface area contributed by atoms with Gasteiger partial charge in [0.15, 0.2) is 0 Å². The van der Waals surface area contributed by atoms with E-state index in [4.69, 9.17) is 5.73 Å². The Morgan fingerprint density at radius 1 is 1.00 bits per heavy atom. The first kappa shape index (κ1) is 20.3. The van der Waals surface area contributed by atoms with Gasteiger partial charge in [-0.05, 0) is 39.9 Å². The van der Waals surface area contributed by atoms with E-state index in [0.29, 0.717) is 16.5 Å². The van der Waals surface area contributed by atoms with E-state index in [9.17, 15) is 9.59 Å². The molecule has 5 nitrogen and oxygen atoms in total. The first-order valence-corrected chi connectivity index (χ1v) is 10.8. The number of rotatable bonds is 8. The molecular weight excluding hydrogens is 390 g/mol. The van der Waals surface area contributed by atoms with Gasteiger partial charge in [-0.2, -0.15) is 0 Å². The van der Waals surface area contributed by atoms with Gasteiger partial charge >= 0.3 is 0 Å². The Morgan fingerprint density at radius 3 is 2.32 bits per heavy atom. The Bertz CT molecular complexity index is 931. The van der Waals surface area contributed by atoms with Gasteiger partial charge in [0.1, 0.15) is 5.00 Å². The van der Waals surface area contributed by atoms with E-state index in [1.165, 1.54) is 16.9 Å². The summed E-state index contributed by atoms with van der Waals surface area (Å²) in [6.45, 7) is 4.45. The molecular formula is C21H23N3O2S2. The van der Waals surface area contributed by atoms with Gasteiger partial charge in [0.2, 0.25) is 5.91 Å². The van der Waals surface area contributed by atoms with E-state index in [1.807, 2.05) is 11.4 Å². The van der Waals surface area contributed by atoms with E-state index < -0.39 is 5.91 Å². The van der Waals surface area contributed by atoms with Crippen LogP contribution in [-0.2, 0) is 4.79 Å². The minimum atomic E-state index is -0.550. The fraction of sp³-hybridized carbons (Fsp3) is 0.238. The van der Waals surface area contributed by atoms with Gasteiger partial charge in [-0.3, -0.25) is 14.9 Å². The average Bonchev–Trinajstić information content (AvgIpc) is 3.34. The highest BCUT2D eigenvalue weighted by molar-refractivity contribution is 7.14. The molecule has 2 aromatic heterocycles. The second-order valence-corrected chi connectivity index (χ2v) is 8.62. The molecule has 0 aliphatic carbocycles. The summed E-state index contributed by atoms with van der Waals surface area (Å²) in [5.74, 6) is -0.297. The standard InChI is InChI=1S/C21H23N3O2S2/c1-13(2)14-5-7-15(8-6-14)19(17-4-3-10-27-17)23-12-18(25)24-21-16(20(22)26)9-11-28-21/h3-11,13,19,23H,12H2,1-2H3,(H2,22,26)(H,24,25)/t19-/m1/s1. The Morgan fingerprint density at radius 2 is 1.71 bits per heavy atom. The number of amides is 2. The maximum atomic E-state index is 12.4. The Kier molecular flexibility index (Phi) is 6.61. The van der Waals surface area contributed by atoms with Gasteiger partial charge in [0.05, 0.1) is 18.2 Å². The van der Waals surface area contributed by atoms with Gasteiger partial charge in [-0.1, -0.05) is 44.2 Å². The van der Waals surface area contributed by atoms with Crippen LogP contribution in [0.2, 0.25) is 0 Å². The van der Waals surface area contributed by atoms with Crippen LogP contribution in [-0.4, -0.2) is 18.4 Å². The summed E-state index contributed by atoms with van der Waals surface area (Å²) in [4.78, 5) is 25.0. The smallest absolute Gasteiger partial charge is 0.251 e. The van der Waals surface area contributed by atoms with Gasteiger partial charge in [-0.15, -0.1) is 22.7 Å². The van der Waals surface area contributed by atoms with Gasteiger partial charge in [-0.25, -0.2) is 0 Å². The fourth-order valence-electron chi connectivity index (χ4n) is 2.88. The van der Waals surface area contributed by atoms with Crippen molar-refractivity contribution in [1.29, 1.82) is 0 Å². The second kappa shape index (κ2) is 9.14. The van der Waals surface area contributed by atoms with Crippen LogP contribution < -0.4 is 16.4 Å². The summed E-state index contributed by atoms with van der Waals surface area (Å²) in [6.07, 6.45) is 0. The van der Waals surface area contributed by atoms with Crippen molar-refractivity contribution >= 4 is 39.5 Å². The lowest BCUT2D eigenvalue weighted by Gasteiger charge is -2.19. The van der Waals surface area contributed by atoms with Crippen molar-refractivity contribution in [3.63, 3.8) is 0 Å². The molecule has 28 heavy (non-hydrogen) atoms. The van der Waals surface area contributed by atoms with Crippen molar-refractivity contribution in [3.05, 3.63) is 74.8 Å². The summed E-state index contributed by atoms with van der Waals surface area (Å²) >= 11 is 2.93. The fourth-order valence-corrected chi connectivity index (χ4v) is 4.51. The van der Waals surface area contributed by atoms with Crippen LogP contribution in [0, 0.1) is 0 Å². The Labute approximate surface area is 172 Å². The summed E-state index contributed by atoms with van der Waals surface area (Å²) in [6, 6.07) is 14.1. The number of anilines is 1. The molecule has 0 unspecified atom stereocenters. The molecule has 0 saturated heterocycles. The number of hydrogen-bond donors (Lipinski definition) is 3. The summed E-state index contributed by atoms with van der Waals surface area (Å²) in [5, 5.41) is 10.3. The molecule has 1 atom stereocenters. The number of carbonyl (C=O) groups is 2. The third-order valence-electron chi connectivity index (χ3n) is 4.41. The van der Waals surface area contributed by atoms with E-state index in [-0.39, 0.29) is 18.5 Å². The van der Waals surface area contributed by atoms with E-state index in [2.05, 4.69) is 54.8 Å². The van der Waals surface area contributed by atoms with Crippen LogP contribution >= 0.6 is 22.7 Å². The zero-order chi connectivity index (χ0) is 20.1. The lowest BCUT2D eigenvalue weighted by Crippen LogP contribution is -2.31. The van der Waals surface area contributed by atoms with Crippen molar-refractivity contribution in [2.75, 3.05) is 11.9 Å². The molecule has 146 valence electrons. The molecule has 2 heterocycles. The van der Waals surface area contributed by atoms with Crippen molar-refractivity contribution in [2.24, 2.45) is 5.73 Å². The minimum Gasteiger partial charge on any atom is -0.366 e. The largest absolute Gasteiger partial charge is 0.366 e. The molecule has 0 aliphatic heterocycles. The lowest BCUT2D eigenvalue weighted by atomic mass is 9.98. The highest BCUT2D eigenvalue weighted by Crippen LogP contribution is 2.27. The molecule has 1 aromatic carbocycles. The zero-order valence-electron chi connectivity index (χ0n) is 15.8. The number of carbonyl (C=O) groups excluding carboxylic acids is 2. The number of thiophene rings is 2. The van der Waals surface area contributed by atoms with Gasteiger partial charge in [0, 0.05) is 4.88 Å². The van der Waals surface area contributed by atoms with E-state index in [1.54, 1.807) is 22.8 Å². The molecule has 3 rings (SSSR count). The normalized spacial score (nSPS) is 12.1. The van der Waals surface area contributed by atoms with Gasteiger partial charge < -0.3 is 11.1 Å². The number of benzene rings is 1. The number of hydrogen-bond acceptors (Lipinski definition) is 5. The number of nitrogens with one attached hydrogen (secondary N) is 2. The van der Waals surface area contributed by atoms with Crippen molar-refractivity contribution in [2.45, 2.75) is 25.8 Å². The maximum Gasteiger partial charge on any atom is 0.251 e. The maximum absolute atomic E-state index is 12.4. The van der Waals surface area contributed by atoms with Crippen LogP contribution in [0.4, 0.5) is 5.00 Å². The summed E-state index contributed by atoms with van der Waals surface area (Å²) in [5.41, 5.74) is 8.05. The second-order valence-electron chi connectivity index (χ2n) is 6.73. The van der Waals surface area contributed by atoms with Crippen molar-refractivity contribution < 1.29 is 9.59 Å². The minimum absolute atomic E-state index is 0.0779. The Balaban J connectivity index is 1.71. The first-order chi connectivity index (χ1) is 13.5. The SMILES string of the molecule is CC(C)c1ccc([C@@H](NCC(=O)Nc2sccc2C(N)=O)c2cccs2)cc1. The van der Waals surface area contributed by atoms with Crippen LogP contribution in [0.5, 0.6) is 0 Å². The highest BCUT2D eigenvalue weighted by Gasteiger charge is 2.18. The lowest BCUT2D eigenvalue weighted by molar-refractivity contribution is -0.115. The molecule has 0 saturated carbocycles. The molecule has 0 aliphatic rings. The van der Waals surface area contributed by atoms with Crippen LogP contribution in [0.1, 0.15) is 52.2 Å². The van der Waals surface area contributed by atoms with Crippen LogP contribution in [0.15, 0.2) is 53.2 Å². The van der Waals surface area contributed by atoms with E-state index in [0.717, 1.165) is 10.4 Å². The molecule has 7 heteroatoms. The predicted molar refractivity (Wildman–Crippen MR) is 116 cm³/mol. The molecule has 0 fully saturated rings. The first-order valence-electron chi connectivity index (χ1n) is 8.99. The monoisotopic (exact) mass is 413 g/mol. The molecule has 4 N–H and O–H groups in total. The number of nitrogens with two attached hydrogens (primary N) is 1. The third-order valence-corrected chi connectivity index (χ3v) is 6.18. The molecule has 0 spiro atoms. The van der Waals surface area contributed by atoms with E-state index >= 15 is 0 Å². The summed E-state index contributed by atoms with van der Waals surface area (Å²) in [7, 11) is 0. The topological polar surface area (TPSA) is 84.2 Å². The predicted octanol–water partition coefficient (Wildman–Crippen LogP) is 4.35. The molecule has 3 aromatic rings.